The van der Waals surface area contributed by atoms with Crippen LogP contribution < -0.4 is 0 Å². The maximum Gasteiger partial charge on any atom is 0.112 e. The molecule has 0 atom stereocenters. The van der Waals surface area contributed by atoms with E-state index in [-0.39, 0.29) is 0 Å². The molecule has 2 aromatic heterocycles. The third-order valence-corrected chi connectivity index (χ3v) is 2.05. The molecule has 84 valence electrons. The molecule has 0 saturated heterocycles. The van der Waals surface area contributed by atoms with Gasteiger partial charge in [-0.15, -0.1) is 0 Å². The zero-order valence-corrected chi connectivity index (χ0v) is 9.19. The molecular formula is C13H12N4. The highest BCUT2D eigenvalue weighted by Crippen LogP contribution is 2.12. The number of aromatic amines is 1. The minimum Gasteiger partial charge on any atom is -0.265 e. The first-order valence-corrected chi connectivity index (χ1v) is 5.23. The van der Waals surface area contributed by atoms with Crippen LogP contribution in [0.4, 0.5) is 0 Å². The van der Waals surface area contributed by atoms with Crippen LogP contribution in [0.25, 0.3) is 11.3 Å². The maximum absolute atomic E-state index is 3.95. The van der Waals surface area contributed by atoms with Gasteiger partial charge in [-0.25, -0.2) is 0 Å². The van der Waals surface area contributed by atoms with Gasteiger partial charge in [-0.3, -0.25) is 4.98 Å². The molecule has 1 aromatic carbocycles. The second-order valence-corrected chi connectivity index (χ2v) is 3.25. The smallest absolute Gasteiger partial charge is 0.112 e. The van der Waals surface area contributed by atoms with Crippen LogP contribution in [0.5, 0.6) is 0 Å². The summed E-state index contributed by atoms with van der Waals surface area (Å²) in [5, 5.41) is 10.2. The lowest BCUT2D eigenvalue weighted by atomic mass is 10.2. The summed E-state index contributed by atoms with van der Waals surface area (Å²) in [4.78, 5) is 3.78. The molecule has 4 heteroatoms. The van der Waals surface area contributed by atoms with Gasteiger partial charge in [0.2, 0.25) is 0 Å². The molecule has 0 aliphatic carbocycles. The summed E-state index contributed by atoms with van der Waals surface area (Å²) in [5.74, 6) is 0. The highest BCUT2D eigenvalue weighted by atomic mass is 15.3. The quantitative estimate of drug-likeness (QED) is 0.691. The van der Waals surface area contributed by atoms with Crippen LogP contribution in [0.2, 0.25) is 0 Å². The lowest BCUT2D eigenvalue weighted by Crippen LogP contribution is -1.75. The molecule has 0 bridgehead atoms. The molecule has 0 spiro atoms. The van der Waals surface area contributed by atoms with E-state index in [9.17, 15) is 0 Å². The van der Waals surface area contributed by atoms with Gasteiger partial charge < -0.3 is 0 Å². The van der Waals surface area contributed by atoms with E-state index in [1.165, 1.54) is 0 Å². The summed E-state index contributed by atoms with van der Waals surface area (Å²) in [5.41, 5.74) is 1.96. The summed E-state index contributed by atoms with van der Waals surface area (Å²) in [6.07, 6.45) is 5.20. The second-order valence-electron chi connectivity index (χ2n) is 3.25. The van der Waals surface area contributed by atoms with E-state index in [1.54, 1.807) is 18.6 Å². The molecule has 17 heavy (non-hydrogen) atoms. The first kappa shape index (κ1) is 11.0. The van der Waals surface area contributed by atoms with Crippen molar-refractivity contribution in [3.8, 4) is 11.3 Å². The van der Waals surface area contributed by atoms with Crippen molar-refractivity contribution >= 4 is 0 Å². The van der Waals surface area contributed by atoms with Crippen LogP contribution in [0, 0.1) is 0 Å². The molecule has 0 amide bonds. The Hall–Kier alpha value is -2.49. The molecule has 1 N–H and O–H groups in total. The van der Waals surface area contributed by atoms with E-state index in [0.29, 0.717) is 0 Å². The number of hydrogen-bond donors (Lipinski definition) is 1. The average Bonchev–Trinajstić information content (AvgIpc) is 2.96. The lowest BCUT2D eigenvalue weighted by molar-refractivity contribution is 0.942. The van der Waals surface area contributed by atoms with E-state index in [1.807, 2.05) is 48.5 Å². The molecule has 4 nitrogen and oxygen atoms in total. The van der Waals surface area contributed by atoms with E-state index in [2.05, 4.69) is 20.4 Å². The van der Waals surface area contributed by atoms with E-state index < -0.39 is 0 Å². The Morgan fingerprint density at radius 3 is 2.00 bits per heavy atom. The highest BCUT2D eigenvalue weighted by Gasteiger charge is 1.96. The molecule has 0 aliphatic rings. The van der Waals surface area contributed by atoms with E-state index in [4.69, 9.17) is 0 Å². The van der Waals surface area contributed by atoms with Gasteiger partial charge in [0.25, 0.3) is 0 Å². The zero-order valence-electron chi connectivity index (χ0n) is 9.19. The summed E-state index contributed by atoms with van der Waals surface area (Å²) < 4.78 is 0. The number of rotatable bonds is 1. The molecular weight excluding hydrogens is 212 g/mol. The Bertz CT molecular complexity index is 479. The van der Waals surface area contributed by atoms with Gasteiger partial charge in [-0.05, 0) is 12.1 Å². The van der Waals surface area contributed by atoms with Gasteiger partial charge >= 0.3 is 0 Å². The first-order valence-electron chi connectivity index (χ1n) is 5.23. The molecule has 0 saturated carbocycles. The van der Waals surface area contributed by atoms with Crippen LogP contribution in [-0.2, 0) is 0 Å². The van der Waals surface area contributed by atoms with Gasteiger partial charge in [-0.1, -0.05) is 36.4 Å². The number of hydrogen-bond acceptors (Lipinski definition) is 3. The molecule has 0 fully saturated rings. The number of benzene rings is 1. The molecule has 3 rings (SSSR count). The fourth-order valence-corrected chi connectivity index (χ4v) is 1.26. The highest BCUT2D eigenvalue weighted by molar-refractivity contribution is 5.56. The Balaban J connectivity index is 0.000000153. The normalized spacial score (nSPS) is 9.18. The lowest BCUT2D eigenvalue weighted by Gasteiger charge is -1.90. The molecule has 2 heterocycles. The Morgan fingerprint density at radius 2 is 1.53 bits per heavy atom. The molecule has 0 unspecified atom stereocenters. The Morgan fingerprint density at radius 1 is 0.824 bits per heavy atom. The minimum atomic E-state index is 0.880. The van der Waals surface area contributed by atoms with E-state index >= 15 is 0 Å². The van der Waals surface area contributed by atoms with Gasteiger partial charge in [-0.2, -0.15) is 15.4 Å². The van der Waals surface area contributed by atoms with Crippen molar-refractivity contribution in [3.05, 3.63) is 67.1 Å². The topological polar surface area (TPSA) is 54.5 Å². The monoisotopic (exact) mass is 224 g/mol. The predicted octanol–water partition coefficient (Wildman–Crippen LogP) is 2.55. The average molecular weight is 224 g/mol. The van der Waals surface area contributed by atoms with Crippen LogP contribution in [0.3, 0.4) is 0 Å². The molecule has 0 aliphatic heterocycles. The van der Waals surface area contributed by atoms with Crippen LogP contribution in [0.1, 0.15) is 0 Å². The van der Waals surface area contributed by atoms with Crippen LogP contribution in [-0.4, -0.2) is 20.4 Å². The van der Waals surface area contributed by atoms with Crippen molar-refractivity contribution in [2.45, 2.75) is 0 Å². The summed E-state index contributed by atoms with van der Waals surface area (Å²) in [6, 6.07) is 15.6. The van der Waals surface area contributed by atoms with E-state index in [0.717, 1.165) is 11.3 Å². The van der Waals surface area contributed by atoms with Crippen molar-refractivity contribution in [1.82, 2.24) is 20.4 Å². The standard InChI is InChI=1S/C8H7N3.C5H5N/c1-2-4-7(5-3-1)8-6-9-11-10-8;1-2-4-6-5-3-1/h1-6H,(H,9,10,11);1-5H. The van der Waals surface area contributed by atoms with Gasteiger partial charge in [0.15, 0.2) is 0 Å². The number of nitrogens with zero attached hydrogens (tertiary/aromatic N) is 3. The predicted molar refractivity (Wildman–Crippen MR) is 66.1 cm³/mol. The number of pyridine rings is 1. The summed E-state index contributed by atoms with van der Waals surface area (Å²) >= 11 is 0. The number of aromatic nitrogens is 4. The first-order chi connectivity index (χ1) is 8.47. The molecule has 3 aromatic rings. The van der Waals surface area contributed by atoms with Gasteiger partial charge in [0, 0.05) is 18.0 Å². The fraction of sp³-hybridized carbons (Fsp3) is 0. The minimum absolute atomic E-state index is 0.880. The molecule has 0 radical (unpaired) electrons. The Labute approximate surface area is 99.4 Å². The van der Waals surface area contributed by atoms with Crippen molar-refractivity contribution < 1.29 is 0 Å². The fourth-order valence-electron chi connectivity index (χ4n) is 1.26. The van der Waals surface area contributed by atoms with Crippen molar-refractivity contribution in [1.29, 1.82) is 0 Å². The SMILES string of the molecule is c1ccc(-c2cn[nH]n2)cc1.c1ccncc1. The van der Waals surface area contributed by atoms with Crippen LogP contribution in [0.15, 0.2) is 67.1 Å². The summed E-state index contributed by atoms with van der Waals surface area (Å²) in [6.45, 7) is 0. The number of nitrogens with one attached hydrogen (secondary N) is 1. The maximum atomic E-state index is 3.95. The largest absolute Gasteiger partial charge is 0.265 e. The van der Waals surface area contributed by atoms with Crippen molar-refractivity contribution in [2.75, 3.05) is 0 Å². The zero-order chi connectivity index (χ0) is 11.8. The summed E-state index contributed by atoms with van der Waals surface area (Å²) in [7, 11) is 0. The van der Waals surface area contributed by atoms with Crippen molar-refractivity contribution in [3.63, 3.8) is 0 Å². The Kier molecular flexibility index (Phi) is 4.00. The second kappa shape index (κ2) is 6.17. The van der Waals surface area contributed by atoms with Gasteiger partial charge in [0.05, 0.1) is 6.20 Å². The van der Waals surface area contributed by atoms with Gasteiger partial charge in [0.1, 0.15) is 5.69 Å². The van der Waals surface area contributed by atoms with Crippen LogP contribution >= 0.6 is 0 Å². The van der Waals surface area contributed by atoms with Crippen molar-refractivity contribution in [2.24, 2.45) is 0 Å². The third kappa shape index (κ3) is 3.53. The third-order valence-electron chi connectivity index (χ3n) is 2.05. The number of H-pyrrole nitrogens is 1.